The lowest BCUT2D eigenvalue weighted by Crippen LogP contribution is -2.30. The standard InChI is InChI=1S/C15H22N2O/c1-3-15(18)17-14-6-4-5-11-7-8-12(10(2)16)9-13(11)14/h7-10,14H,3-6,16H2,1-2H3,(H,17,18). The molecule has 18 heavy (non-hydrogen) atoms. The number of hydrogen-bond acceptors (Lipinski definition) is 2. The number of nitrogens with one attached hydrogen (secondary N) is 1. The van der Waals surface area contributed by atoms with E-state index < -0.39 is 0 Å². The van der Waals surface area contributed by atoms with Gasteiger partial charge < -0.3 is 11.1 Å². The summed E-state index contributed by atoms with van der Waals surface area (Å²) in [6.45, 7) is 3.88. The van der Waals surface area contributed by atoms with Crippen LogP contribution in [0, 0.1) is 0 Å². The van der Waals surface area contributed by atoms with Gasteiger partial charge in [0.15, 0.2) is 0 Å². The molecule has 1 aliphatic carbocycles. The average molecular weight is 246 g/mol. The Labute approximate surface area is 109 Å². The van der Waals surface area contributed by atoms with Crippen LogP contribution in [0.25, 0.3) is 0 Å². The number of nitrogens with two attached hydrogens (primary N) is 1. The van der Waals surface area contributed by atoms with Crippen LogP contribution in [0.5, 0.6) is 0 Å². The summed E-state index contributed by atoms with van der Waals surface area (Å²) >= 11 is 0. The van der Waals surface area contributed by atoms with Crippen LogP contribution in [0.1, 0.15) is 61.9 Å². The van der Waals surface area contributed by atoms with Gasteiger partial charge in [-0.1, -0.05) is 25.1 Å². The van der Waals surface area contributed by atoms with Crippen LogP contribution in [0.2, 0.25) is 0 Å². The number of carbonyl (C=O) groups is 1. The number of fused-ring (bicyclic) bond motifs is 1. The molecule has 0 aliphatic heterocycles. The summed E-state index contributed by atoms with van der Waals surface area (Å²) in [4.78, 5) is 11.6. The highest BCUT2D eigenvalue weighted by atomic mass is 16.1. The summed E-state index contributed by atoms with van der Waals surface area (Å²) in [5.74, 6) is 0.124. The number of aryl methyl sites for hydroxylation is 1. The Kier molecular flexibility index (Phi) is 4.02. The molecule has 2 atom stereocenters. The summed E-state index contributed by atoms with van der Waals surface area (Å²) in [5.41, 5.74) is 9.69. The van der Waals surface area contributed by atoms with Gasteiger partial charge in [-0.3, -0.25) is 4.79 Å². The summed E-state index contributed by atoms with van der Waals surface area (Å²) in [7, 11) is 0. The fourth-order valence-electron chi connectivity index (χ4n) is 2.55. The van der Waals surface area contributed by atoms with E-state index in [4.69, 9.17) is 5.73 Å². The van der Waals surface area contributed by atoms with Gasteiger partial charge in [-0.2, -0.15) is 0 Å². The fraction of sp³-hybridized carbons (Fsp3) is 0.533. The van der Waals surface area contributed by atoms with E-state index in [2.05, 4.69) is 23.5 Å². The first-order chi connectivity index (χ1) is 8.61. The SMILES string of the molecule is CCC(=O)NC1CCCc2ccc(C(C)N)cc21. The van der Waals surface area contributed by atoms with Crippen molar-refractivity contribution < 1.29 is 4.79 Å². The molecular formula is C15H22N2O. The van der Waals surface area contributed by atoms with Crippen molar-refractivity contribution in [2.75, 3.05) is 0 Å². The second-order valence-corrected chi connectivity index (χ2v) is 5.11. The lowest BCUT2D eigenvalue weighted by molar-refractivity contribution is -0.121. The summed E-state index contributed by atoms with van der Waals surface area (Å²) in [6.07, 6.45) is 3.81. The number of amides is 1. The van der Waals surface area contributed by atoms with Crippen molar-refractivity contribution in [3.8, 4) is 0 Å². The Morgan fingerprint density at radius 3 is 3.00 bits per heavy atom. The van der Waals surface area contributed by atoms with E-state index in [0.717, 1.165) is 24.8 Å². The predicted octanol–water partition coefficient (Wildman–Crippen LogP) is 2.61. The third-order valence-corrected chi connectivity index (χ3v) is 3.67. The van der Waals surface area contributed by atoms with Crippen molar-refractivity contribution in [2.45, 2.75) is 51.6 Å². The summed E-state index contributed by atoms with van der Waals surface area (Å²) < 4.78 is 0. The zero-order valence-corrected chi connectivity index (χ0v) is 11.2. The van der Waals surface area contributed by atoms with Crippen LogP contribution in [0.15, 0.2) is 18.2 Å². The van der Waals surface area contributed by atoms with E-state index in [0.29, 0.717) is 6.42 Å². The second-order valence-electron chi connectivity index (χ2n) is 5.11. The highest BCUT2D eigenvalue weighted by Gasteiger charge is 2.21. The molecule has 1 aliphatic rings. The third-order valence-electron chi connectivity index (χ3n) is 3.67. The highest BCUT2D eigenvalue weighted by Crippen LogP contribution is 2.31. The normalized spacial score (nSPS) is 20.1. The lowest BCUT2D eigenvalue weighted by Gasteiger charge is -2.27. The first kappa shape index (κ1) is 13.1. The molecule has 1 amide bonds. The molecule has 0 heterocycles. The number of carbonyl (C=O) groups excluding carboxylic acids is 1. The smallest absolute Gasteiger partial charge is 0.220 e. The van der Waals surface area contributed by atoms with Crippen molar-refractivity contribution in [2.24, 2.45) is 5.73 Å². The number of hydrogen-bond donors (Lipinski definition) is 2. The van der Waals surface area contributed by atoms with E-state index in [1.54, 1.807) is 0 Å². The fourth-order valence-corrected chi connectivity index (χ4v) is 2.55. The van der Waals surface area contributed by atoms with Gasteiger partial charge >= 0.3 is 0 Å². The van der Waals surface area contributed by atoms with Gasteiger partial charge in [-0.15, -0.1) is 0 Å². The molecule has 0 bridgehead atoms. The minimum Gasteiger partial charge on any atom is -0.349 e. The molecule has 1 aromatic rings. The molecule has 3 N–H and O–H groups in total. The molecule has 0 aromatic heterocycles. The van der Waals surface area contributed by atoms with Gasteiger partial charge in [0.2, 0.25) is 5.91 Å². The van der Waals surface area contributed by atoms with Gasteiger partial charge in [-0.05, 0) is 42.9 Å². The Balaban J connectivity index is 2.28. The molecule has 0 fully saturated rings. The molecular weight excluding hydrogens is 224 g/mol. The van der Waals surface area contributed by atoms with E-state index in [1.807, 2.05) is 13.8 Å². The van der Waals surface area contributed by atoms with Crippen molar-refractivity contribution in [1.82, 2.24) is 5.32 Å². The first-order valence-corrected chi connectivity index (χ1v) is 6.79. The van der Waals surface area contributed by atoms with Crippen LogP contribution >= 0.6 is 0 Å². The van der Waals surface area contributed by atoms with Gasteiger partial charge in [0, 0.05) is 12.5 Å². The quantitative estimate of drug-likeness (QED) is 0.861. The Morgan fingerprint density at radius 1 is 1.56 bits per heavy atom. The lowest BCUT2D eigenvalue weighted by atomic mass is 9.85. The Hall–Kier alpha value is -1.35. The van der Waals surface area contributed by atoms with Gasteiger partial charge in [-0.25, -0.2) is 0 Å². The first-order valence-electron chi connectivity index (χ1n) is 6.79. The number of benzene rings is 1. The van der Waals surface area contributed by atoms with Crippen LogP contribution in [0.4, 0.5) is 0 Å². The van der Waals surface area contributed by atoms with Gasteiger partial charge in [0.1, 0.15) is 0 Å². The molecule has 1 aromatic carbocycles. The van der Waals surface area contributed by atoms with Crippen LogP contribution in [0.3, 0.4) is 0 Å². The highest BCUT2D eigenvalue weighted by molar-refractivity contribution is 5.76. The van der Waals surface area contributed by atoms with E-state index in [1.165, 1.54) is 11.1 Å². The Bertz CT molecular complexity index is 440. The van der Waals surface area contributed by atoms with Crippen LogP contribution in [-0.4, -0.2) is 5.91 Å². The zero-order valence-electron chi connectivity index (χ0n) is 11.2. The van der Waals surface area contributed by atoms with Crippen molar-refractivity contribution in [1.29, 1.82) is 0 Å². The van der Waals surface area contributed by atoms with Crippen LogP contribution < -0.4 is 11.1 Å². The van der Waals surface area contributed by atoms with E-state index in [9.17, 15) is 4.79 Å². The largest absolute Gasteiger partial charge is 0.349 e. The van der Waals surface area contributed by atoms with Gasteiger partial charge in [0.25, 0.3) is 0 Å². The summed E-state index contributed by atoms with van der Waals surface area (Å²) in [5, 5.41) is 3.11. The molecule has 2 rings (SSSR count). The maximum atomic E-state index is 11.6. The van der Waals surface area contributed by atoms with Crippen molar-refractivity contribution >= 4 is 5.91 Å². The predicted molar refractivity (Wildman–Crippen MR) is 73.2 cm³/mol. The molecule has 0 spiro atoms. The molecule has 98 valence electrons. The van der Waals surface area contributed by atoms with Crippen molar-refractivity contribution in [3.05, 3.63) is 34.9 Å². The third kappa shape index (κ3) is 2.72. The molecule has 0 radical (unpaired) electrons. The van der Waals surface area contributed by atoms with E-state index >= 15 is 0 Å². The second kappa shape index (κ2) is 5.53. The molecule has 3 nitrogen and oxygen atoms in total. The topological polar surface area (TPSA) is 55.1 Å². The molecule has 3 heteroatoms. The summed E-state index contributed by atoms with van der Waals surface area (Å²) in [6, 6.07) is 6.64. The minimum absolute atomic E-state index is 0.0414. The molecule has 2 unspecified atom stereocenters. The zero-order chi connectivity index (χ0) is 13.1. The monoisotopic (exact) mass is 246 g/mol. The van der Waals surface area contributed by atoms with E-state index in [-0.39, 0.29) is 18.0 Å². The maximum Gasteiger partial charge on any atom is 0.220 e. The average Bonchev–Trinajstić information content (AvgIpc) is 2.38. The van der Waals surface area contributed by atoms with Crippen molar-refractivity contribution in [3.63, 3.8) is 0 Å². The number of rotatable bonds is 3. The van der Waals surface area contributed by atoms with Crippen LogP contribution in [-0.2, 0) is 11.2 Å². The minimum atomic E-state index is 0.0414. The van der Waals surface area contributed by atoms with Gasteiger partial charge in [0.05, 0.1) is 6.04 Å². The molecule has 0 saturated heterocycles. The molecule has 0 saturated carbocycles. The Morgan fingerprint density at radius 2 is 2.33 bits per heavy atom. The maximum absolute atomic E-state index is 11.6.